The maximum Gasteiger partial charge on any atom is 0.236 e. The van der Waals surface area contributed by atoms with Gasteiger partial charge in [-0.1, -0.05) is 35.9 Å². The first-order valence-corrected chi connectivity index (χ1v) is 5.03. The molecule has 2 aromatic rings. The number of hydrogen-bond acceptors (Lipinski definition) is 1. The summed E-state index contributed by atoms with van der Waals surface area (Å²) in [6.07, 6.45) is 1.57. The third-order valence-electron chi connectivity index (χ3n) is 2.26. The monoisotopic (exact) mass is 233 g/mol. The lowest BCUT2D eigenvalue weighted by atomic mass is 10.0. The molecule has 0 bridgehead atoms. The first kappa shape index (κ1) is 10.8. The van der Waals surface area contributed by atoms with Gasteiger partial charge in [0.05, 0.1) is 5.56 Å². The van der Waals surface area contributed by atoms with Crippen molar-refractivity contribution in [2.45, 2.75) is 0 Å². The Hall–Kier alpha value is -1.67. The van der Waals surface area contributed by atoms with Crippen LogP contribution < -0.4 is 0 Å². The zero-order valence-electron chi connectivity index (χ0n) is 8.21. The smallest absolute Gasteiger partial charge is 0.236 e. The molecule has 1 nitrogen and oxygen atoms in total. The SMILES string of the molecule is O=[C]c1cccc(-c2ccc(Cl)cc2)c1F. The molecule has 0 aromatic heterocycles. The van der Waals surface area contributed by atoms with E-state index in [2.05, 4.69) is 0 Å². The summed E-state index contributed by atoms with van der Waals surface area (Å²) >= 11 is 5.74. The first-order valence-electron chi connectivity index (χ1n) is 4.65. The molecule has 2 rings (SSSR count). The van der Waals surface area contributed by atoms with Crippen LogP contribution in [0.4, 0.5) is 4.39 Å². The van der Waals surface area contributed by atoms with Crippen LogP contribution in [0.15, 0.2) is 42.5 Å². The average molecular weight is 234 g/mol. The summed E-state index contributed by atoms with van der Waals surface area (Å²) in [5.41, 5.74) is 0.990. The zero-order valence-corrected chi connectivity index (χ0v) is 8.96. The number of rotatable bonds is 2. The summed E-state index contributed by atoms with van der Waals surface area (Å²) in [6.45, 7) is 0. The maximum atomic E-state index is 13.8. The van der Waals surface area contributed by atoms with Gasteiger partial charge in [0.2, 0.25) is 6.29 Å². The Labute approximate surface area is 97.5 Å². The van der Waals surface area contributed by atoms with Crippen molar-refractivity contribution in [3.8, 4) is 11.1 Å². The molecule has 79 valence electrons. The zero-order chi connectivity index (χ0) is 11.5. The molecule has 0 unspecified atom stereocenters. The van der Waals surface area contributed by atoms with E-state index in [9.17, 15) is 9.18 Å². The van der Waals surface area contributed by atoms with Gasteiger partial charge >= 0.3 is 0 Å². The van der Waals surface area contributed by atoms with E-state index in [1.165, 1.54) is 6.07 Å². The van der Waals surface area contributed by atoms with E-state index in [1.807, 2.05) is 0 Å². The minimum atomic E-state index is -0.556. The average Bonchev–Trinajstić information content (AvgIpc) is 2.31. The van der Waals surface area contributed by atoms with Crippen LogP contribution in [0.5, 0.6) is 0 Å². The third kappa shape index (κ3) is 1.97. The van der Waals surface area contributed by atoms with Gasteiger partial charge < -0.3 is 0 Å². The van der Waals surface area contributed by atoms with Gasteiger partial charge in [-0.05, 0) is 23.8 Å². The maximum absolute atomic E-state index is 13.8. The normalized spacial score (nSPS) is 10.1. The second-order valence-electron chi connectivity index (χ2n) is 3.28. The van der Waals surface area contributed by atoms with Gasteiger partial charge in [0, 0.05) is 10.6 Å². The highest BCUT2D eigenvalue weighted by Crippen LogP contribution is 2.25. The van der Waals surface area contributed by atoms with E-state index in [0.717, 1.165) is 0 Å². The minimum Gasteiger partial charge on any atom is -0.285 e. The predicted molar refractivity (Wildman–Crippen MR) is 61.6 cm³/mol. The van der Waals surface area contributed by atoms with Gasteiger partial charge in [-0.25, -0.2) is 4.39 Å². The van der Waals surface area contributed by atoms with Gasteiger partial charge in [0.1, 0.15) is 5.82 Å². The molecule has 0 atom stereocenters. The molecular weight excluding hydrogens is 227 g/mol. The molecule has 0 saturated heterocycles. The summed E-state index contributed by atoms with van der Waals surface area (Å²) in [6, 6.07) is 11.4. The van der Waals surface area contributed by atoms with Crippen molar-refractivity contribution in [2.24, 2.45) is 0 Å². The number of carbonyl (C=O) groups excluding carboxylic acids is 1. The second kappa shape index (κ2) is 4.45. The van der Waals surface area contributed by atoms with Gasteiger partial charge in [0.25, 0.3) is 0 Å². The van der Waals surface area contributed by atoms with E-state index in [0.29, 0.717) is 16.1 Å². The Morgan fingerprint density at radius 1 is 1.06 bits per heavy atom. The molecular formula is C13H7ClFO. The van der Waals surface area contributed by atoms with Crippen LogP contribution in [0.3, 0.4) is 0 Å². The summed E-state index contributed by atoms with van der Waals surface area (Å²) in [4.78, 5) is 10.5. The Balaban J connectivity index is 2.56. The summed E-state index contributed by atoms with van der Waals surface area (Å²) in [5, 5.41) is 0.585. The van der Waals surface area contributed by atoms with Crippen LogP contribution >= 0.6 is 11.6 Å². The fraction of sp³-hybridized carbons (Fsp3) is 0. The molecule has 16 heavy (non-hydrogen) atoms. The highest BCUT2D eigenvalue weighted by molar-refractivity contribution is 6.30. The van der Waals surface area contributed by atoms with Crippen LogP contribution in [0.2, 0.25) is 5.02 Å². The molecule has 0 N–H and O–H groups in total. The largest absolute Gasteiger partial charge is 0.285 e. The Bertz CT molecular complexity index is 520. The van der Waals surface area contributed by atoms with Gasteiger partial charge in [-0.3, -0.25) is 4.79 Å². The van der Waals surface area contributed by atoms with Crippen molar-refractivity contribution in [1.82, 2.24) is 0 Å². The van der Waals surface area contributed by atoms with Crippen molar-refractivity contribution in [3.05, 3.63) is 58.9 Å². The van der Waals surface area contributed by atoms with Crippen molar-refractivity contribution in [3.63, 3.8) is 0 Å². The van der Waals surface area contributed by atoms with Crippen LogP contribution in [-0.4, -0.2) is 6.29 Å². The van der Waals surface area contributed by atoms with Crippen LogP contribution in [-0.2, 0) is 4.79 Å². The van der Waals surface area contributed by atoms with E-state index >= 15 is 0 Å². The number of benzene rings is 2. The topological polar surface area (TPSA) is 17.1 Å². The molecule has 0 fully saturated rings. The molecule has 0 saturated carbocycles. The molecule has 3 heteroatoms. The van der Waals surface area contributed by atoms with E-state index in [-0.39, 0.29) is 5.56 Å². The molecule has 2 aromatic carbocycles. The molecule has 0 heterocycles. The number of hydrogen-bond donors (Lipinski definition) is 0. The third-order valence-corrected chi connectivity index (χ3v) is 2.52. The molecule has 0 aliphatic heterocycles. The van der Waals surface area contributed by atoms with Crippen molar-refractivity contribution in [1.29, 1.82) is 0 Å². The first-order chi connectivity index (χ1) is 7.72. The minimum absolute atomic E-state index is 0.0625. The molecule has 0 spiro atoms. The highest BCUT2D eigenvalue weighted by atomic mass is 35.5. The van der Waals surface area contributed by atoms with E-state index in [4.69, 9.17) is 11.6 Å². The molecule has 0 aliphatic carbocycles. The van der Waals surface area contributed by atoms with Gasteiger partial charge in [-0.2, -0.15) is 0 Å². The molecule has 0 amide bonds. The lowest BCUT2D eigenvalue weighted by Crippen LogP contribution is -1.91. The highest BCUT2D eigenvalue weighted by Gasteiger charge is 2.09. The number of halogens is 2. The Morgan fingerprint density at radius 3 is 2.38 bits per heavy atom. The summed E-state index contributed by atoms with van der Waals surface area (Å²) in [5.74, 6) is -0.556. The molecule has 0 aliphatic rings. The fourth-order valence-corrected chi connectivity index (χ4v) is 1.59. The van der Waals surface area contributed by atoms with Crippen molar-refractivity contribution in [2.75, 3.05) is 0 Å². The van der Waals surface area contributed by atoms with E-state index < -0.39 is 5.82 Å². The van der Waals surface area contributed by atoms with Crippen LogP contribution in [0.25, 0.3) is 11.1 Å². The van der Waals surface area contributed by atoms with E-state index in [1.54, 1.807) is 42.7 Å². The summed E-state index contributed by atoms with van der Waals surface area (Å²) < 4.78 is 13.8. The predicted octanol–water partition coefficient (Wildman–Crippen LogP) is 3.60. The standard InChI is InChI=1S/C13H7ClFO/c14-11-6-4-9(5-7-11)12-3-1-2-10(8-16)13(12)15/h1-7H. The van der Waals surface area contributed by atoms with Gasteiger partial charge in [-0.15, -0.1) is 0 Å². The van der Waals surface area contributed by atoms with Crippen molar-refractivity contribution < 1.29 is 9.18 Å². The fourth-order valence-electron chi connectivity index (χ4n) is 1.46. The van der Waals surface area contributed by atoms with Gasteiger partial charge in [0.15, 0.2) is 0 Å². The lowest BCUT2D eigenvalue weighted by Gasteiger charge is -2.04. The lowest BCUT2D eigenvalue weighted by molar-refractivity contribution is 0.557. The molecule has 1 radical (unpaired) electrons. The Morgan fingerprint density at radius 2 is 1.75 bits per heavy atom. The Kier molecular flexibility index (Phi) is 3.02. The van der Waals surface area contributed by atoms with Crippen molar-refractivity contribution >= 4 is 17.9 Å². The van der Waals surface area contributed by atoms with Crippen LogP contribution in [0, 0.1) is 5.82 Å². The second-order valence-corrected chi connectivity index (χ2v) is 3.71. The van der Waals surface area contributed by atoms with Crippen LogP contribution in [0.1, 0.15) is 5.56 Å². The quantitative estimate of drug-likeness (QED) is 0.775. The summed E-state index contributed by atoms with van der Waals surface area (Å²) in [7, 11) is 0.